The molecule has 1 unspecified atom stereocenters. The molecule has 2 nitrogen and oxygen atoms in total. The van der Waals surface area contributed by atoms with Gasteiger partial charge in [-0.1, -0.05) is 27.7 Å². The third-order valence-electron chi connectivity index (χ3n) is 2.09. The van der Waals surface area contributed by atoms with Gasteiger partial charge in [0.05, 0.1) is 0 Å². The summed E-state index contributed by atoms with van der Waals surface area (Å²) in [5.41, 5.74) is 6.12. The molecule has 0 fully saturated rings. The van der Waals surface area contributed by atoms with Crippen LogP contribution in [0.2, 0.25) is 0 Å². The van der Waals surface area contributed by atoms with E-state index in [1.807, 2.05) is 0 Å². The van der Waals surface area contributed by atoms with E-state index in [4.69, 9.17) is 5.73 Å². The van der Waals surface area contributed by atoms with Gasteiger partial charge < -0.3 is 11.1 Å². The van der Waals surface area contributed by atoms with Crippen LogP contribution in [-0.2, 0) is 0 Å². The summed E-state index contributed by atoms with van der Waals surface area (Å²) in [5, 5.41) is 3.43. The SMILES string of the molecule is CCCNCC(CN)CC(C)(C)C. The van der Waals surface area contributed by atoms with E-state index in [1.54, 1.807) is 0 Å². The molecule has 0 amide bonds. The third-order valence-corrected chi connectivity index (χ3v) is 2.09. The van der Waals surface area contributed by atoms with Gasteiger partial charge in [-0.15, -0.1) is 0 Å². The topological polar surface area (TPSA) is 38.0 Å². The minimum absolute atomic E-state index is 0.401. The molecule has 0 aliphatic carbocycles. The molecule has 0 aliphatic heterocycles. The molecule has 0 aliphatic rings. The average Bonchev–Trinajstić information content (AvgIpc) is 2.01. The van der Waals surface area contributed by atoms with E-state index >= 15 is 0 Å². The van der Waals surface area contributed by atoms with Crippen LogP contribution in [-0.4, -0.2) is 19.6 Å². The number of nitrogens with two attached hydrogens (primary N) is 1. The van der Waals surface area contributed by atoms with E-state index in [-0.39, 0.29) is 0 Å². The van der Waals surface area contributed by atoms with Crippen LogP contribution < -0.4 is 11.1 Å². The molecule has 0 aromatic rings. The van der Waals surface area contributed by atoms with Crippen molar-refractivity contribution in [3.05, 3.63) is 0 Å². The van der Waals surface area contributed by atoms with Crippen molar-refractivity contribution >= 4 is 0 Å². The molecule has 0 spiro atoms. The molecule has 3 N–H and O–H groups in total. The highest BCUT2D eigenvalue weighted by Gasteiger charge is 2.16. The molecule has 0 rings (SSSR count). The van der Waals surface area contributed by atoms with E-state index in [1.165, 1.54) is 12.8 Å². The van der Waals surface area contributed by atoms with Crippen molar-refractivity contribution in [3.63, 3.8) is 0 Å². The Balaban J connectivity index is 3.63. The van der Waals surface area contributed by atoms with E-state index < -0.39 is 0 Å². The van der Waals surface area contributed by atoms with Gasteiger partial charge in [0.2, 0.25) is 0 Å². The van der Waals surface area contributed by atoms with Gasteiger partial charge in [0, 0.05) is 0 Å². The zero-order chi connectivity index (χ0) is 10.3. The van der Waals surface area contributed by atoms with E-state index in [0.29, 0.717) is 11.3 Å². The quantitative estimate of drug-likeness (QED) is 0.623. The molecule has 0 saturated carbocycles. The molecule has 13 heavy (non-hydrogen) atoms. The summed E-state index contributed by atoms with van der Waals surface area (Å²) in [4.78, 5) is 0. The standard InChI is InChI=1S/C11H26N2/c1-5-6-13-9-10(8-12)7-11(2,3)4/h10,13H,5-9,12H2,1-4H3. The summed E-state index contributed by atoms with van der Waals surface area (Å²) in [7, 11) is 0. The molecule has 0 bridgehead atoms. The first-order valence-electron chi connectivity index (χ1n) is 5.40. The summed E-state index contributed by atoms with van der Waals surface area (Å²) in [6.45, 7) is 12.0. The molecule has 0 heterocycles. The fourth-order valence-corrected chi connectivity index (χ4v) is 1.59. The van der Waals surface area contributed by atoms with Gasteiger partial charge in [-0.05, 0) is 43.8 Å². The summed E-state index contributed by atoms with van der Waals surface area (Å²) >= 11 is 0. The highest BCUT2D eigenvalue weighted by molar-refractivity contribution is 4.71. The minimum Gasteiger partial charge on any atom is -0.330 e. The molecule has 0 saturated heterocycles. The smallest absolute Gasteiger partial charge is 0.000826 e. The van der Waals surface area contributed by atoms with Crippen LogP contribution in [0.15, 0.2) is 0 Å². The predicted octanol–water partition coefficient (Wildman–Crippen LogP) is 2.00. The number of rotatable bonds is 6. The van der Waals surface area contributed by atoms with Crippen LogP contribution >= 0.6 is 0 Å². The van der Waals surface area contributed by atoms with Crippen molar-refractivity contribution in [2.45, 2.75) is 40.5 Å². The second-order valence-corrected chi connectivity index (χ2v) is 5.07. The van der Waals surface area contributed by atoms with Gasteiger partial charge in [0.15, 0.2) is 0 Å². The normalized spacial score (nSPS) is 14.5. The second-order valence-electron chi connectivity index (χ2n) is 5.07. The van der Waals surface area contributed by atoms with Crippen molar-refractivity contribution in [1.29, 1.82) is 0 Å². The Kier molecular flexibility index (Phi) is 6.35. The van der Waals surface area contributed by atoms with Crippen LogP contribution in [0.4, 0.5) is 0 Å². The molecule has 1 atom stereocenters. The predicted molar refractivity (Wildman–Crippen MR) is 59.8 cm³/mol. The lowest BCUT2D eigenvalue weighted by Gasteiger charge is -2.25. The van der Waals surface area contributed by atoms with Gasteiger partial charge >= 0.3 is 0 Å². The van der Waals surface area contributed by atoms with Crippen LogP contribution in [0.3, 0.4) is 0 Å². The highest BCUT2D eigenvalue weighted by Crippen LogP contribution is 2.23. The van der Waals surface area contributed by atoms with E-state index in [9.17, 15) is 0 Å². The molecular weight excluding hydrogens is 160 g/mol. The maximum atomic E-state index is 5.72. The van der Waals surface area contributed by atoms with Gasteiger partial charge in [-0.3, -0.25) is 0 Å². The largest absolute Gasteiger partial charge is 0.330 e. The Bertz CT molecular complexity index is 116. The van der Waals surface area contributed by atoms with Crippen molar-refractivity contribution in [3.8, 4) is 0 Å². The Morgan fingerprint density at radius 1 is 1.31 bits per heavy atom. The average molecular weight is 186 g/mol. The molecule has 80 valence electrons. The van der Waals surface area contributed by atoms with Crippen LogP contribution in [0.1, 0.15) is 40.5 Å². The molecule has 0 aromatic heterocycles. The first-order chi connectivity index (χ1) is 5.99. The lowest BCUT2D eigenvalue weighted by molar-refractivity contribution is 0.290. The monoisotopic (exact) mass is 186 g/mol. The molecular formula is C11H26N2. The summed E-state index contributed by atoms with van der Waals surface area (Å²) in [5.74, 6) is 0.631. The zero-order valence-electron chi connectivity index (χ0n) is 9.69. The third kappa shape index (κ3) is 8.26. The Hall–Kier alpha value is -0.0800. The highest BCUT2D eigenvalue weighted by atomic mass is 14.9. The van der Waals surface area contributed by atoms with Gasteiger partial charge in [-0.25, -0.2) is 0 Å². The number of hydrogen-bond acceptors (Lipinski definition) is 2. The fourth-order valence-electron chi connectivity index (χ4n) is 1.59. The Labute approximate surface area is 83.3 Å². The van der Waals surface area contributed by atoms with Gasteiger partial charge in [0.1, 0.15) is 0 Å². The van der Waals surface area contributed by atoms with E-state index in [2.05, 4.69) is 33.0 Å². The van der Waals surface area contributed by atoms with Crippen molar-refractivity contribution < 1.29 is 0 Å². The zero-order valence-corrected chi connectivity index (χ0v) is 9.69. The molecule has 0 radical (unpaired) electrons. The van der Waals surface area contributed by atoms with Crippen LogP contribution in [0.5, 0.6) is 0 Å². The van der Waals surface area contributed by atoms with E-state index in [0.717, 1.165) is 19.6 Å². The summed E-state index contributed by atoms with van der Waals surface area (Å²) in [6.07, 6.45) is 2.41. The molecule has 0 aromatic carbocycles. The maximum absolute atomic E-state index is 5.72. The fraction of sp³-hybridized carbons (Fsp3) is 1.00. The summed E-state index contributed by atoms with van der Waals surface area (Å²) < 4.78 is 0. The Morgan fingerprint density at radius 3 is 2.31 bits per heavy atom. The first kappa shape index (κ1) is 12.9. The second kappa shape index (κ2) is 6.39. The van der Waals surface area contributed by atoms with Crippen molar-refractivity contribution in [2.24, 2.45) is 17.1 Å². The van der Waals surface area contributed by atoms with Crippen LogP contribution in [0, 0.1) is 11.3 Å². The lowest BCUT2D eigenvalue weighted by atomic mass is 9.84. The number of hydrogen-bond donors (Lipinski definition) is 2. The van der Waals surface area contributed by atoms with Gasteiger partial charge in [0.25, 0.3) is 0 Å². The van der Waals surface area contributed by atoms with Crippen molar-refractivity contribution in [2.75, 3.05) is 19.6 Å². The van der Waals surface area contributed by atoms with Crippen LogP contribution in [0.25, 0.3) is 0 Å². The Morgan fingerprint density at radius 2 is 1.92 bits per heavy atom. The first-order valence-corrected chi connectivity index (χ1v) is 5.40. The number of nitrogens with one attached hydrogen (secondary N) is 1. The minimum atomic E-state index is 0.401. The molecule has 2 heteroatoms. The maximum Gasteiger partial charge on any atom is -0.000826 e. The summed E-state index contributed by atoms with van der Waals surface area (Å²) in [6, 6.07) is 0. The van der Waals surface area contributed by atoms with Gasteiger partial charge in [-0.2, -0.15) is 0 Å². The lowest BCUT2D eigenvalue weighted by Crippen LogP contribution is -2.31. The van der Waals surface area contributed by atoms with Crippen molar-refractivity contribution in [1.82, 2.24) is 5.32 Å².